The summed E-state index contributed by atoms with van der Waals surface area (Å²) in [6, 6.07) is 0.555. The summed E-state index contributed by atoms with van der Waals surface area (Å²) in [6.07, 6.45) is 14.1. The van der Waals surface area contributed by atoms with Crippen molar-refractivity contribution in [1.82, 2.24) is 5.32 Å². The predicted molar refractivity (Wildman–Crippen MR) is 83.6 cm³/mol. The summed E-state index contributed by atoms with van der Waals surface area (Å²) in [4.78, 5) is 0. The lowest BCUT2D eigenvalue weighted by atomic mass is 9.81. The molecule has 1 N–H and O–H groups in total. The molecule has 0 aromatic carbocycles. The first-order valence-corrected chi connectivity index (χ1v) is 8.62. The molecule has 0 radical (unpaired) electrons. The molecule has 1 aliphatic carbocycles. The molecule has 0 amide bonds. The fourth-order valence-electron chi connectivity index (χ4n) is 3.50. The van der Waals surface area contributed by atoms with Crippen molar-refractivity contribution in [3.63, 3.8) is 0 Å². The van der Waals surface area contributed by atoms with E-state index in [2.05, 4.69) is 26.2 Å². The van der Waals surface area contributed by atoms with Crippen molar-refractivity contribution in [2.45, 2.75) is 90.2 Å². The van der Waals surface area contributed by atoms with E-state index in [-0.39, 0.29) is 0 Å². The monoisotopic (exact) mass is 269 g/mol. The molecule has 0 aromatic rings. The SMILES string of the molecule is CCCCCCC(NC)C(OCC)C1CCCCC1. The fraction of sp³-hybridized carbons (Fsp3) is 1.00. The average Bonchev–Trinajstić information content (AvgIpc) is 2.47. The minimum absolute atomic E-state index is 0.442. The van der Waals surface area contributed by atoms with Gasteiger partial charge in [0.1, 0.15) is 0 Å². The first-order chi connectivity index (χ1) is 9.33. The first kappa shape index (κ1) is 17.0. The van der Waals surface area contributed by atoms with Crippen LogP contribution in [0.1, 0.15) is 78.1 Å². The van der Waals surface area contributed by atoms with Crippen LogP contribution in [0.4, 0.5) is 0 Å². The Hall–Kier alpha value is -0.0800. The third kappa shape index (κ3) is 6.27. The molecule has 0 aliphatic heterocycles. The lowest BCUT2D eigenvalue weighted by Crippen LogP contribution is -2.44. The van der Waals surface area contributed by atoms with Crippen LogP contribution < -0.4 is 5.32 Å². The van der Waals surface area contributed by atoms with E-state index in [9.17, 15) is 0 Å². The average molecular weight is 269 g/mol. The maximum absolute atomic E-state index is 6.13. The van der Waals surface area contributed by atoms with Crippen molar-refractivity contribution in [1.29, 1.82) is 0 Å². The van der Waals surface area contributed by atoms with Crippen LogP contribution in [0.5, 0.6) is 0 Å². The van der Waals surface area contributed by atoms with Crippen LogP contribution >= 0.6 is 0 Å². The van der Waals surface area contributed by atoms with E-state index in [1.807, 2.05) is 0 Å². The number of unbranched alkanes of at least 4 members (excludes halogenated alkanes) is 3. The standard InChI is InChI=1S/C17H35NO/c1-4-6-7-11-14-16(18-3)17(19-5-2)15-12-9-8-10-13-15/h15-18H,4-14H2,1-3H3. The minimum Gasteiger partial charge on any atom is -0.377 e. The minimum atomic E-state index is 0.442. The van der Waals surface area contributed by atoms with Crippen LogP contribution in [0.3, 0.4) is 0 Å². The Balaban J connectivity index is 2.44. The quantitative estimate of drug-likeness (QED) is 0.588. The van der Waals surface area contributed by atoms with Gasteiger partial charge in [-0.05, 0) is 39.2 Å². The molecule has 0 aromatic heterocycles. The van der Waals surface area contributed by atoms with Gasteiger partial charge in [-0.25, -0.2) is 0 Å². The van der Waals surface area contributed by atoms with Gasteiger partial charge in [-0.1, -0.05) is 51.9 Å². The Morgan fingerprint density at radius 2 is 1.79 bits per heavy atom. The molecule has 0 bridgehead atoms. The van der Waals surface area contributed by atoms with Crippen LogP contribution in [-0.4, -0.2) is 25.8 Å². The highest BCUT2D eigenvalue weighted by molar-refractivity contribution is 4.84. The van der Waals surface area contributed by atoms with Gasteiger partial charge in [0.2, 0.25) is 0 Å². The Morgan fingerprint density at radius 1 is 1.05 bits per heavy atom. The van der Waals surface area contributed by atoms with Gasteiger partial charge in [0.05, 0.1) is 6.10 Å². The molecular formula is C17H35NO. The number of rotatable bonds is 10. The number of hydrogen-bond acceptors (Lipinski definition) is 2. The van der Waals surface area contributed by atoms with Crippen LogP contribution in [0.15, 0.2) is 0 Å². The number of nitrogens with one attached hydrogen (secondary N) is 1. The predicted octanol–water partition coefficient (Wildman–Crippen LogP) is 4.53. The summed E-state index contributed by atoms with van der Waals surface area (Å²) in [5.74, 6) is 0.789. The molecule has 0 saturated heterocycles. The third-order valence-electron chi connectivity index (χ3n) is 4.61. The van der Waals surface area contributed by atoms with Gasteiger partial charge in [0.15, 0.2) is 0 Å². The highest BCUT2D eigenvalue weighted by Crippen LogP contribution is 2.30. The normalized spacial score (nSPS) is 20.4. The molecule has 114 valence electrons. The molecule has 1 fully saturated rings. The Labute approximate surface area is 120 Å². The topological polar surface area (TPSA) is 21.3 Å². The molecule has 19 heavy (non-hydrogen) atoms. The summed E-state index contributed by atoms with van der Waals surface area (Å²) in [6.45, 7) is 5.27. The molecule has 0 spiro atoms. The van der Waals surface area contributed by atoms with E-state index < -0.39 is 0 Å². The smallest absolute Gasteiger partial charge is 0.0755 e. The second-order valence-corrected chi connectivity index (χ2v) is 6.06. The molecule has 1 rings (SSSR count). The Bertz CT molecular complexity index is 201. The molecule has 2 unspecified atom stereocenters. The second-order valence-electron chi connectivity index (χ2n) is 6.06. The zero-order valence-corrected chi connectivity index (χ0v) is 13.4. The third-order valence-corrected chi connectivity index (χ3v) is 4.61. The lowest BCUT2D eigenvalue weighted by Gasteiger charge is -2.35. The van der Waals surface area contributed by atoms with Crippen LogP contribution in [0.2, 0.25) is 0 Å². The Kier molecular flexibility index (Phi) is 9.54. The Morgan fingerprint density at radius 3 is 2.37 bits per heavy atom. The summed E-state index contributed by atoms with van der Waals surface area (Å²) in [7, 11) is 2.11. The van der Waals surface area contributed by atoms with E-state index in [0.717, 1.165) is 12.5 Å². The van der Waals surface area contributed by atoms with Gasteiger partial charge in [-0.15, -0.1) is 0 Å². The maximum Gasteiger partial charge on any atom is 0.0755 e. The van der Waals surface area contributed by atoms with Gasteiger partial charge in [-0.2, -0.15) is 0 Å². The van der Waals surface area contributed by atoms with Crippen molar-refractivity contribution in [3.8, 4) is 0 Å². The van der Waals surface area contributed by atoms with Crippen LogP contribution in [0.25, 0.3) is 0 Å². The summed E-state index contributed by atoms with van der Waals surface area (Å²) in [5.41, 5.74) is 0. The second kappa shape index (κ2) is 10.7. The zero-order valence-electron chi connectivity index (χ0n) is 13.4. The van der Waals surface area contributed by atoms with Crippen molar-refractivity contribution in [3.05, 3.63) is 0 Å². The van der Waals surface area contributed by atoms with E-state index in [1.165, 1.54) is 64.2 Å². The summed E-state index contributed by atoms with van der Waals surface area (Å²) < 4.78 is 6.13. The molecule has 1 aliphatic rings. The molecule has 1 saturated carbocycles. The first-order valence-electron chi connectivity index (χ1n) is 8.62. The largest absolute Gasteiger partial charge is 0.377 e. The van der Waals surface area contributed by atoms with E-state index >= 15 is 0 Å². The van der Waals surface area contributed by atoms with Crippen molar-refractivity contribution >= 4 is 0 Å². The fourth-order valence-corrected chi connectivity index (χ4v) is 3.50. The lowest BCUT2D eigenvalue weighted by molar-refractivity contribution is -0.0182. The molecule has 2 nitrogen and oxygen atoms in total. The molecule has 2 heteroatoms. The highest BCUT2D eigenvalue weighted by Gasteiger charge is 2.29. The van der Waals surface area contributed by atoms with Crippen molar-refractivity contribution < 1.29 is 4.74 Å². The van der Waals surface area contributed by atoms with Crippen LogP contribution in [-0.2, 0) is 4.74 Å². The summed E-state index contributed by atoms with van der Waals surface area (Å²) in [5, 5.41) is 3.54. The number of ether oxygens (including phenoxy) is 1. The van der Waals surface area contributed by atoms with Gasteiger partial charge in [0, 0.05) is 12.6 Å². The maximum atomic E-state index is 6.13. The van der Waals surface area contributed by atoms with Gasteiger partial charge < -0.3 is 10.1 Å². The highest BCUT2D eigenvalue weighted by atomic mass is 16.5. The molecule has 2 atom stereocenters. The molecule has 0 heterocycles. The summed E-state index contributed by atoms with van der Waals surface area (Å²) >= 11 is 0. The number of hydrogen-bond donors (Lipinski definition) is 1. The van der Waals surface area contributed by atoms with Crippen LogP contribution in [0, 0.1) is 5.92 Å². The van der Waals surface area contributed by atoms with Crippen molar-refractivity contribution in [2.75, 3.05) is 13.7 Å². The van der Waals surface area contributed by atoms with Gasteiger partial charge >= 0.3 is 0 Å². The van der Waals surface area contributed by atoms with Gasteiger partial charge in [0.25, 0.3) is 0 Å². The van der Waals surface area contributed by atoms with Crippen molar-refractivity contribution in [2.24, 2.45) is 5.92 Å². The molecular weight excluding hydrogens is 234 g/mol. The van der Waals surface area contributed by atoms with E-state index in [4.69, 9.17) is 4.74 Å². The van der Waals surface area contributed by atoms with Gasteiger partial charge in [-0.3, -0.25) is 0 Å². The number of likely N-dealkylation sites (N-methyl/N-ethyl adjacent to an activating group) is 1. The zero-order chi connectivity index (χ0) is 13.9. The van der Waals surface area contributed by atoms with E-state index in [1.54, 1.807) is 0 Å². The van der Waals surface area contributed by atoms with E-state index in [0.29, 0.717) is 12.1 Å².